The van der Waals surface area contributed by atoms with E-state index < -0.39 is 0 Å². The Labute approximate surface area is 170 Å². The van der Waals surface area contributed by atoms with E-state index in [1.54, 1.807) is 0 Å². The Morgan fingerprint density at radius 1 is 0.964 bits per heavy atom. The summed E-state index contributed by atoms with van der Waals surface area (Å²) in [7, 11) is 0. The maximum Gasteiger partial charge on any atom is 0.227 e. The molecule has 2 aliphatic rings. The van der Waals surface area contributed by atoms with Crippen LogP contribution in [0.5, 0.6) is 0 Å². The SMILES string of the molecule is CC1CCCN(C(=O)C2CCC(C(=O)Nc3ccc(C(C)(C)C)cc3)CC2)C1. The molecule has 1 saturated heterocycles. The molecule has 1 N–H and O–H groups in total. The number of nitrogens with one attached hydrogen (secondary N) is 1. The summed E-state index contributed by atoms with van der Waals surface area (Å²) in [6.45, 7) is 10.6. The monoisotopic (exact) mass is 384 g/mol. The van der Waals surface area contributed by atoms with Crippen molar-refractivity contribution in [1.29, 1.82) is 0 Å². The van der Waals surface area contributed by atoms with Crippen molar-refractivity contribution in [2.24, 2.45) is 17.8 Å². The molecule has 154 valence electrons. The summed E-state index contributed by atoms with van der Waals surface area (Å²) in [5, 5.41) is 3.07. The predicted octanol–water partition coefficient (Wildman–Crippen LogP) is 4.99. The molecule has 1 atom stereocenters. The average Bonchev–Trinajstić information content (AvgIpc) is 2.67. The lowest BCUT2D eigenvalue weighted by atomic mass is 9.80. The Balaban J connectivity index is 1.49. The molecule has 0 spiro atoms. The molecule has 0 aromatic heterocycles. The maximum atomic E-state index is 12.8. The first kappa shape index (κ1) is 20.9. The number of nitrogens with zero attached hydrogens (tertiary/aromatic N) is 1. The second-order valence-corrected chi connectivity index (χ2v) is 9.90. The summed E-state index contributed by atoms with van der Waals surface area (Å²) in [6, 6.07) is 8.16. The molecule has 2 fully saturated rings. The third-order valence-electron chi connectivity index (χ3n) is 6.43. The fourth-order valence-corrected chi connectivity index (χ4v) is 4.55. The lowest BCUT2D eigenvalue weighted by Gasteiger charge is -2.35. The Kier molecular flexibility index (Phi) is 6.47. The Hall–Kier alpha value is -1.84. The minimum absolute atomic E-state index is 0.0200. The summed E-state index contributed by atoms with van der Waals surface area (Å²) >= 11 is 0. The van der Waals surface area contributed by atoms with Gasteiger partial charge in [-0.2, -0.15) is 0 Å². The zero-order chi connectivity index (χ0) is 20.3. The Morgan fingerprint density at radius 3 is 2.14 bits per heavy atom. The number of hydrogen-bond acceptors (Lipinski definition) is 2. The van der Waals surface area contributed by atoms with Crippen molar-refractivity contribution >= 4 is 17.5 Å². The Bertz CT molecular complexity index is 682. The highest BCUT2D eigenvalue weighted by atomic mass is 16.2. The van der Waals surface area contributed by atoms with Crippen LogP contribution in [-0.2, 0) is 15.0 Å². The van der Waals surface area contributed by atoms with Crippen molar-refractivity contribution in [3.8, 4) is 0 Å². The molecule has 1 aromatic carbocycles. The minimum atomic E-state index is 0.0200. The molecular weight excluding hydrogens is 348 g/mol. The van der Waals surface area contributed by atoms with Crippen LogP contribution >= 0.6 is 0 Å². The van der Waals surface area contributed by atoms with E-state index in [-0.39, 0.29) is 23.2 Å². The fraction of sp³-hybridized carbons (Fsp3) is 0.667. The summed E-state index contributed by atoms with van der Waals surface area (Å²) in [4.78, 5) is 27.5. The number of carbonyl (C=O) groups excluding carboxylic acids is 2. The topological polar surface area (TPSA) is 49.4 Å². The van der Waals surface area contributed by atoms with Gasteiger partial charge in [0, 0.05) is 30.6 Å². The molecule has 28 heavy (non-hydrogen) atoms. The van der Waals surface area contributed by atoms with Gasteiger partial charge in [-0.05, 0) is 67.6 Å². The summed E-state index contributed by atoms with van der Waals surface area (Å²) in [5.41, 5.74) is 2.23. The van der Waals surface area contributed by atoms with E-state index in [0.717, 1.165) is 50.9 Å². The van der Waals surface area contributed by atoms with Gasteiger partial charge in [-0.1, -0.05) is 39.8 Å². The fourth-order valence-electron chi connectivity index (χ4n) is 4.55. The molecule has 1 saturated carbocycles. The van der Waals surface area contributed by atoms with Crippen LogP contribution in [0.2, 0.25) is 0 Å². The lowest BCUT2D eigenvalue weighted by Crippen LogP contribution is -2.43. The molecule has 4 heteroatoms. The van der Waals surface area contributed by atoms with Crippen molar-refractivity contribution in [1.82, 2.24) is 4.90 Å². The molecule has 0 radical (unpaired) electrons. The summed E-state index contributed by atoms with van der Waals surface area (Å²) < 4.78 is 0. The number of piperidine rings is 1. The number of amides is 2. The van der Waals surface area contributed by atoms with Gasteiger partial charge in [0.05, 0.1) is 0 Å². The van der Waals surface area contributed by atoms with Gasteiger partial charge in [0.15, 0.2) is 0 Å². The summed E-state index contributed by atoms with van der Waals surface area (Å²) in [6.07, 6.45) is 5.65. The molecule has 1 aromatic rings. The van der Waals surface area contributed by atoms with Gasteiger partial charge in [-0.25, -0.2) is 0 Å². The number of hydrogen-bond donors (Lipinski definition) is 1. The lowest BCUT2D eigenvalue weighted by molar-refractivity contribution is -0.139. The van der Waals surface area contributed by atoms with E-state index in [1.165, 1.54) is 12.0 Å². The van der Waals surface area contributed by atoms with Crippen LogP contribution < -0.4 is 5.32 Å². The Morgan fingerprint density at radius 2 is 1.57 bits per heavy atom. The van der Waals surface area contributed by atoms with Crippen LogP contribution in [0.25, 0.3) is 0 Å². The van der Waals surface area contributed by atoms with E-state index in [4.69, 9.17) is 0 Å². The van der Waals surface area contributed by atoms with Crippen molar-refractivity contribution in [2.75, 3.05) is 18.4 Å². The third-order valence-corrected chi connectivity index (χ3v) is 6.43. The van der Waals surface area contributed by atoms with Gasteiger partial charge in [0.1, 0.15) is 0 Å². The zero-order valence-electron chi connectivity index (χ0n) is 18.0. The largest absolute Gasteiger partial charge is 0.342 e. The van der Waals surface area contributed by atoms with Gasteiger partial charge in [-0.15, -0.1) is 0 Å². The normalized spacial score (nSPS) is 26.0. The quantitative estimate of drug-likeness (QED) is 0.798. The highest BCUT2D eigenvalue weighted by Gasteiger charge is 2.33. The predicted molar refractivity (Wildman–Crippen MR) is 114 cm³/mol. The number of rotatable bonds is 3. The minimum Gasteiger partial charge on any atom is -0.342 e. The van der Waals surface area contributed by atoms with Crippen molar-refractivity contribution in [3.63, 3.8) is 0 Å². The highest BCUT2D eigenvalue weighted by Crippen LogP contribution is 2.32. The van der Waals surface area contributed by atoms with Crippen LogP contribution in [0.4, 0.5) is 5.69 Å². The van der Waals surface area contributed by atoms with Crippen LogP contribution in [0.1, 0.15) is 71.8 Å². The van der Waals surface area contributed by atoms with Crippen molar-refractivity contribution in [2.45, 2.75) is 71.6 Å². The van der Waals surface area contributed by atoms with Crippen molar-refractivity contribution in [3.05, 3.63) is 29.8 Å². The van der Waals surface area contributed by atoms with Gasteiger partial charge in [0.25, 0.3) is 0 Å². The number of carbonyl (C=O) groups is 2. The van der Waals surface area contributed by atoms with Gasteiger partial charge in [0.2, 0.25) is 11.8 Å². The van der Waals surface area contributed by atoms with E-state index >= 15 is 0 Å². The van der Waals surface area contributed by atoms with E-state index in [2.05, 4.69) is 50.0 Å². The van der Waals surface area contributed by atoms with Crippen LogP contribution in [0.15, 0.2) is 24.3 Å². The molecule has 1 aliphatic carbocycles. The zero-order valence-corrected chi connectivity index (χ0v) is 18.0. The first-order valence-electron chi connectivity index (χ1n) is 10.9. The third kappa shape index (κ3) is 5.15. The molecule has 2 amide bonds. The second-order valence-electron chi connectivity index (χ2n) is 9.90. The van der Waals surface area contributed by atoms with E-state index in [1.807, 2.05) is 12.1 Å². The molecule has 1 heterocycles. The van der Waals surface area contributed by atoms with Crippen LogP contribution in [0, 0.1) is 17.8 Å². The molecule has 3 rings (SSSR count). The highest BCUT2D eigenvalue weighted by molar-refractivity contribution is 5.92. The molecule has 0 bridgehead atoms. The molecule has 4 nitrogen and oxygen atoms in total. The second kappa shape index (κ2) is 8.67. The average molecular weight is 385 g/mol. The smallest absolute Gasteiger partial charge is 0.227 e. The van der Waals surface area contributed by atoms with Crippen LogP contribution in [0.3, 0.4) is 0 Å². The van der Waals surface area contributed by atoms with Crippen LogP contribution in [-0.4, -0.2) is 29.8 Å². The molecular formula is C24H36N2O2. The first-order valence-corrected chi connectivity index (χ1v) is 10.9. The van der Waals surface area contributed by atoms with E-state index in [0.29, 0.717) is 11.8 Å². The maximum absolute atomic E-state index is 12.8. The molecule has 1 aliphatic heterocycles. The standard InChI is InChI=1S/C24H36N2O2/c1-17-6-5-15-26(16-17)23(28)19-9-7-18(8-10-19)22(27)25-21-13-11-20(12-14-21)24(2,3)4/h11-14,17-19H,5-10,15-16H2,1-4H3,(H,25,27). The first-order chi connectivity index (χ1) is 13.2. The number of anilines is 1. The molecule has 1 unspecified atom stereocenters. The van der Waals surface area contributed by atoms with Gasteiger partial charge in [-0.3, -0.25) is 9.59 Å². The van der Waals surface area contributed by atoms with Crippen molar-refractivity contribution < 1.29 is 9.59 Å². The van der Waals surface area contributed by atoms with E-state index in [9.17, 15) is 9.59 Å². The van der Waals surface area contributed by atoms with Gasteiger partial charge < -0.3 is 10.2 Å². The number of benzene rings is 1. The summed E-state index contributed by atoms with van der Waals surface area (Å²) in [5.74, 6) is 1.17. The number of likely N-dealkylation sites (tertiary alicyclic amines) is 1. The van der Waals surface area contributed by atoms with Gasteiger partial charge >= 0.3 is 0 Å².